The van der Waals surface area contributed by atoms with Gasteiger partial charge in [0, 0.05) is 37.2 Å². The van der Waals surface area contributed by atoms with E-state index < -0.39 is 11.7 Å². The molecule has 1 aromatic heterocycles. The topological polar surface area (TPSA) is 85.4 Å². The van der Waals surface area contributed by atoms with Crippen LogP contribution in [0.5, 0.6) is 0 Å². The van der Waals surface area contributed by atoms with Gasteiger partial charge < -0.3 is 25.8 Å². The van der Waals surface area contributed by atoms with E-state index in [2.05, 4.69) is 42.3 Å². The number of carbonyl (C=O) groups excluding carboxylic acids is 1. The van der Waals surface area contributed by atoms with Crippen LogP contribution in [-0.4, -0.2) is 55.0 Å². The van der Waals surface area contributed by atoms with Crippen LogP contribution in [0.4, 0.5) is 38.9 Å². The second kappa shape index (κ2) is 11.4. The third kappa shape index (κ3) is 6.90. The van der Waals surface area contributed by atoms with Crippen molar-refractivity contribution in [3.05, 3.63) is 72.2 Å². The number of carbonyl (C=O) groups is 1. The highest BCUT2D eigenvalue weighted by Gasteiger charge is 2.11. The monoisotopic (exact) mass is 483 g/mol. The number of nitrogens with zero attached hydrogens (tertiary/aromatic N) is 4. The molecule has 2 aromatic carbocycles. The molecule has 0 saturated heterocycles. The molecular formula is C24H27ClFN7O. The fourth-order valence-electron chi connectivity index (χ4n) is 2.94. The van der Waals surface area contributed by atoms with Crippen molar-refractivity contribution in [3.63, 3.8) is 0 Å². The molecule has 10 heteroatoms. The molecule has 0 radical (unpaired) electrons. The van der Waals surface area contributed by atoms with Gasteiger partial charge in [-0.1, -0.05) is 18.2 Å². The molecule has 0 fully saturated rings. The molecule has 3 N–H and O–H groups in total. The molecule has 1 amide bonds. The second-order valence-electron chi connectivity index (χ2n) is 7.80. The molecule has 3 rings (SSSR count). The first-order valence-corrected chi connectivity index (χ1v) is 10.9. The van der Waals surface area contributed by atoms with Gasteiger partial charge in [-0.25, -0.2) is 9.37 Å². The number of amides is 1. The Morgan fingerprint density at radius 1 is 1.09 bits per heavy atom. The van der Waals surface area contributed by atoms with Crippen molar-refractivity contribution in [2.45, 2.75) is 0 Å². The van der Waals surface area contributed by atoms with Crippen molar-refractivity contribution in [2.75, 3.05) is 55.1 Å². The number of halogens is 2. The zero-order valence-electron chi connectivity index (χ0n) is 19.3. The zero-order valence-corrected chi connectivity index (χ0v) is 20.0. The number of nitrogens with one attached hydrogen (secondary N) is 3. The van der Waals surface area contributed by atoms with Crippen LogP contribution in [0.25, 0.3) is 0 Å². The first-order valence-electron chi connectivity index (χ1n) is 10.5. The molecule has 1 heterocycles. The summed E-state index contributed by atoms with van der Waals surface area (Å²) in [5, 5.41) is 8.78. The Hall–Kier alpha value is -3.69. The molecule has 8 nitrogen and oxygen atoms in total. The van der Waals surface area contributed by atoms with E-state index in [0.717, 1.165) is 30.5 Å². The molecular weight excluding hydrogens is 457 g/mol. The minimum Gasteiger partial charge on any atom is -0.373 e. The predicted octanol–water partition coefficient (Wildman–Crippen LogP) is 4.88. The smallest absolute Gasteiger partial charge is 0.247 e. The summed E-state index contributed by atoms with van der Waals surface area (Å²) in [5.74, 6) is -0.434. The lowest BCUT2D eigenvalue weighted by Crippen LogP contribution is -2.28. The van der Waals surface area contributed by atoms with Gasteiger partial charge in [0.25, 0.3) is 0 Å². The Morgan fingerprint density at radius 2 is 1.79 bits per heavy atom. The summed E-state index contributed by atoms with van der Waals surface area (Å²) in [6.45, 7) is 5.26. The lowest BCUT2D eigenvalue weighted by molar-refractivity contribution is -0.111. The summed E-state index contributed by atoms with van der Waals surface area (Å²) < 4.78 is 14.4. The van der Waals surface area contributed by atoms with E-state index in [4.69, 9.17) is 11.6 Å². The summed E-state index contributed by atoms with van der Waals surface area (Å²) in [7, 11) is 6.13. The third-order valence-electron chi connectivity index (χ3n) is 4.86. The molecule has 3 aromatic rings. The van der Waals surface area contributed by atoms with Gasteiger partial charge in [0.15, 0.2) is 5.82 Å². The Morgan fingerprint density at radius 3 is 2.47 bits per heavy atom. The van der Waals surface area contributed by atoms with Crippen LogP contribution in [0.3, 0.4) is 0 Å². The van der Waals surface area contributed by atoms with Gasteiger partial charge in [-0.3, -0.25) is 4.79 Å². The number of anilines is 6. The van der Waals surface area contributed by atoms with Gasteiger partial charge in [0.2, 0.25) is 11.9 Å². The van der Waals surface area contributed by atoms with E-state index >= 15 is 0 Å². The maximum atomic E-state index is 14.4. The van der Waals surface area contributed by atoms with Crippen molar-refractivity contribution in [2.24, 2.45) is 0 Å². The predicted molar refractivity (Wildman–Crippen MR) is 137 cm³/mol. The molecule has 34 heavy (non-hydrogen) atoms. The van der Waals surface area contributed by atoms with Crippen LogP contribution in [0.2, 0.25) is 5.02 Å². The molecule has 0 bridgehead atoms. The number of rotatable bonds is 10. The van der Waals surface area contributed by atoms with Gasteiger partial charge in [0.1, 0.15) is 10.8 Å². The van der Waals surface area contributed by atoms with E-state index in [1.165, 1.54) is 24.4 Å². The van der Waals surface area contributed by atoms with Crippen LogP contribution in [-0.2, 0) is 4.79 Å². The van der Waals surface area contributed by atoms with Gasteiger partial charge in [0.05, 0.1) is 11.9 Å². The third-order valence-corrected chi connectivity index (χ3v) is 5.14. The van der Waals surface area contributed by atoms with Crippen molar-refractivity contribution in [1.82, 2.24) is 14.9 Å². The Bertz CT molecular complexity index is 1150. The van der Waals surface area contributed by atoms with E-state index in [9.17, 15) is 9.18 Å². The molecule has 0 aliphatic carbocycles. The van der Waals surface area contributed by atoms with E-state index in [1.807, 2.05) is 45.4 Å². The minimum atomic E-state index is -0.533. The SMILES string of the molecule is C=CC(=O)Nc1ccc(F)c(Nc2nc(Nc3ccc(N(C)CCN(C)C)cc3)ncc2Cl)c1. The number of hydrogen-bond acceptors (Lipinski definition) is 7. The van der Waals surface area contributed by atoms with Gasteiger partial charge in [-0.05, 0) is 62.6 Å². The highest BCUT2D eigenvalue weighted by atomic mass is 35.5. The Labute approximate surface area is 203 Å². The van der Waals surface area contributed by atoms with Crippen LogP contribution in [0, 0.1) is 5.82 Å². The summed E-state index contributed by atoms with van der Waals surface area (Å²) in [5.41, 5.74) is 2.37. The highest BCUT2D eigenvalue weighted by Crippen LogP contribution is 2.28. The molecule has 0 saturated carbocycles. The second-order valence-corrected chi connectivity index (χ2v) is 8.21. The van der Waals surface area contributed by atoms with Crippen LogP contribution in [0.1, 0.15) is 0 Å². The molecule has 0 atom stereocenters. The minimum absolute atomic E-state index is 0.0959. The normalized spacial score (nSPS) is 10.6. The van der Waals surface area contributed by atoms with E-state index in [-0.39, 0.29) is 22.5 Å². The fourth-order valence-corrected chi connectivity index (χ4v) is 3.08. The summed E-state index contributed by atoms with van der Waals surface area (Å²) in [4.78, 5) is 24.4. The largest absolute Gasteiger partial charge is 0.373 e. The van der Waals surface area contributed by atoms with Crippen molar-refractivity contribution in [3.8, 4) is 0 Å². The average Bonchev–Trinajstić information content (AvgIpc) is 2.82. The Balaban J connectivity index is 1.73. The van der Waals surface area contributed by atoms with Gasteiger partial charge in [-0.15, -0.1) is 0 Å². The van der Waals surface area contributed by atoms with E-state index in [1.54, 1.807) is 0 Å². The van der Waals surface area contributed by atoms with Gasteiger partial charge in [-0.2, -0.15) is 4.98 Å². The number of aromatic nitrogens is 2. The van der Waals surface area contributed by atoms with Crippen LogP contribution >= 0.6 is 11.6 Å². The zero-order chi connectivity index (χ0) is 24.7. The lowest BCUT2D eigenvalue weighted by Gasteiger charge is -2.21. The molecule has 0 spiro atoms. The lowest BCUT2D eigenvalue weighted by atomic mass is 10.2. The first-order chi connectivity index (χ1) is 16.2. The Kier molecular flexibility index (Phi) is 8.39. The number of hydrogen-bond donors (Lipinski definition) is 3. The summed E-state index contributed by atoms with van der Waals surface area (Å²) in [6.07, 6.45) is 2.55. The van der Waals surface area contributed by atoms with Crippen molar-refractivity contribution < 1.29 is 9.18 Å². The standard InChI is InChI=1S/C24H27ClFN7O/c1-5-22(34)28-17-8-11-20(26)21(14-17)30-23-19(25)15-27-24(31-23)29-16-6-9-18(10-7-16)33(4)13-12-32(2)3/h5-11,14-15H,1,12-13H2,2-4H3,(H,28,34)(H2,27,29,30,31). The van der Waals surface area contributed by atoms with Gasteiger partial charge >= 0.3 is 0 Å². The van der Waals surface area contributed by atoms with Crippen LogP contribution < -0.4 is 20.9 Å². The van der Waals surface area contributed by atoms with Crippen molar-refractivity contribution in [1.29, 1.82) is 0 Å². The molecule has 0 aliphatic rings. The number of benzene rings is 2. The number of likely N-dealkylation sites (N-methyl/N-ethyl adjacent to an activating group) is 2. The van der Waals surface area contributed by atoms with Crippen molar-refractivity contribution >= 4 is 52.0 Å². The quantitative estimate of drug-likeness (QED) is 0.354. The molecule has 0 unspecified atom stereocenters. The summed E-state index contributed by atoms with van der Waals surface area (Å²) >= 11 is 6.23. The first kappa shape index (κ1) is 24.9. The molecule has 178 valence electrons. The van der Waals surface area contributed by atoms with Crippen LogP contribution in [0.15, 0.2) is 61.3 Å². The maximum absolute atomic E-state index is 14.4. The summed E-state index contributed by atoms with van der Waals surface area (Å²) in [6, 6.07) is 12.0. The molecule has 0 aliphatic heterocycles. The maximum Gasteiger partial charge on any atom is 0.247 e. The van der Waals surface area contributed by atoms with E-state index in [0.29, 0.717) is 5.69 Å². The highest BCUT2D eigenvalue weighted by molar-refractivity contribution is 6.32. The average molecular weight is 484 g/mol. The fraction of sp³-hybridized carbons (Fsp3) is 0.208.